The first-order chi connectivity index (χ1) is 34.6. The van der Waals surface area contributed by atoms with Crippen molar-refractivity contribution in [1.29, 1.82) is 0 Å². The van der Waals surface area contributed by atoms with Gasteiger partial charge in [0.2, 0.25) is 0 Å². The predicted molar refractivity (Wildman–Crippen MR) is 295 cm³/mol. The van der Waals surface area contributed by atoms with E-state index in [9.17, 15) is 0 Å². The number of para-hydroxylation sites is 1. The SMILES string of the molecule is CCC1(CC)c2cc(/C=C/c3ccc(-c4c(-c5ccccc5)cccc4C4C=CC5C6c7ccccc7C(c7ccccc76)C5C4)cc3)ccc2-c2ccc(N(C3=CCCC=C3)c3ccccc3)cc21. The number of hydrogen-bond acceptors (Lipinski definition) is 1. The van der Waals surface area contributed by atoms with Crippen molar-refractivity contribution in [1.82, 2.24) is 0 Å². The van der Waals surface area contributed by atoms with Gasteiger partial charge in [-0.3, -0.25) is 0 Å². The van der Waals surface area contributed by atoms with E-state index in [4.69, 9.17) is 0 Å². The lowest BCUT2D eigenvalue weighted by molar-refractivity contribution is 0.242. The van der Waals surface area contributed by atoms with Crippen LogP contribution in [0.1, 0.15) is 114 Å². The summed E-state index contributed by atoms with van der Waals surface area (Å²) in [5, 5.41) is 0. The van der Waals surface area contributed by atoms with Gasteiger partial charge in [-0.1, -0.05) is 214 Å². The average molecular weight is 902 g/mol. The van der Waals surface area contributed by atoms with E-state index >= 15 is 0 Å². The van der Waals surface area contributed by atoms with Gasteiger partial charge in [-0.05, 0) is 158 Å². The van der Waals surface area contributed by atoms with E-state index in [0.717, 1.165) is 32.1 Å². The van der Waals surface area contributed by atoms with Crippen LogP contribution in [0.25, 0.3) is 45.5 Å². The van der Waals surface area contributed by atoms with Crippen molar-refractivity contribution >= 4 is 23.5 Å². The molecule has 1 heteroatoms. The molecule has 0 aliphatic heterocycles. The number of rotatable bonds is 10. The van der Waals surface area contributed by atoms with Crippen LogP contribution >= 0.6 is 0 Å². The average Bonchev–Trinajstić information content (AvgIpc) is 3.71. The summed E-state index contributed by atoms with van der Waals surface area (Å²) in [6.07, 6.45) is 22.2. The quantitative estimate of drug-likeness (QED) is 0.0976. The highest BCUT2D eigenvalue weighted by atomic mass is 15.1. The minimum atomic E-state index is -0.0604. The molecule has 0 amide bonds. The van der Waals surface area contributed by atoms with Crippen molar-refractivity contribution in [2.24, 2.45) is 11.8 Å². The monoisotopic (exact) mass is 901 g/mol. The first-order valence-corrected chi connectivity index (χ1v) is 26.0. The van der Waals surface area contributed by atoms with E-state index in [1.54, 1.807) is 22.3 Å². The Labute approximate surface area is 414 Å². The standard InChI is InChI=1S/C69H59N/c1-3-69(4-2)64-43-47(35-40-56(64)57-42-39-53(45-65(57)69)70(51-21-10-6-11-22-51)52-23-12-7-13-24-52)32-31-46-33-36-49(37-34-46)66-54(48-19-8-5-9-20-48)29-18-30-55(66)50-38-41-62-63(44-50)68-60-27-16-14-25-58(60)67(62)59-26-15-17-28-61(59)68/h5-6,8-12,14-43,45,50,62-63,67-68H,3-4,7,13,44H2,1-2H3/b32-31+. The van der Waals surface area contributed by atoms with Gasteiger partial charge in [0, 0.05) is 40.2 Å². The maximum atomic E-state index is 2.61. The van der Waals surface area contributed by atoms with Gasteiger partial charge in [0.05, 0.1) is 0 Å². The van der Waals surface area contributed by atoms with Crippen LogP contribution in [0.2, 0.25) is 0 Å². The summed E-state index contributed by atoms with van der Waals surface area (Å²) in [4.78, 5) is 2.44. The molecule has 0 heterocycles. The van der Waals surface area contributed by atoms with Gasteiger partial charge in [0.15, 0.2) is 0 Å². The molecule has 0 radical (unpaired) electrons. The summed E-state index contributed by atoms with van der Waals surface area (Å²) in [7, 11) is 0. The Bertz CT molecular complexity index is 3350. The minimum absolute atomic E-state index is 0.0604. The van der Waals surface area contributed by atoms with Gasteiger partial charge in [-0.25, -0.2) is 0 Å². The van der Waals surface area contributed by atoms with Gasteiger partial charge in [-0.15, -0.1) is 0 Å². The van der Waals surface area contributed by atoms with Crippen LogP contribution in [-0.4, -0.2) is 0 Å². The van der Waals surface area contributed by atoms with E-state index < -0.39 is 0 Å². The van der Waals surface area contributed by atoms with Crippen molar-refractivity contribution < 1.29 is 0 Å². The number of benzene rings is 8. The summed E-state index contributed by atoms with van der Waals surface area (Å²) in [6.45, 7) is 4.75. The lowest BCUT2D eigenvalue weighted by atomic mass is 9.51. The number of hydrogen-bond donors (Lipinski definition) is 0. The summed E-state index contributed by atoms with van der Waals surface area (Å²) in [5.74, 6) is 2.25. The molecule has 6 aliphatic rings. The van der Waals surface area contributed by atoms with Crippen molar-refractivity contribution in [3.8, 4) is 33.4 Å². The highest BCUT2D eigenvalue weighted by Gasteiger charge is 2.50. The zero-order valence-electron chi connectivity index (χ0n) is 40.3. The summed E-state index contributed by atoms with van der Waals surface area (Å²) >= 11 is 0. The molecule has 0 saturated carbocycles. The van der Waals surface area contributed by atoms with Crippen LogP contribution in [0.3, 0.4) is 0 Å². The van der Waals surface area contributed by atoms with Crippen molar-refractivity contribution in [3.63, 3.8) is 0 Å². The Morgan fingerprint density at radius 3 is 1.80 bits per heavy atom. The Hall–Kier alpha value is -7.48. The van der Waals surface area contributed by atoms with Gasteiger partial charge in [0.25, 0.3) is 0 Å². The number of nitrogens with zero attached hydrogens (tertiary/aromatic N) is 1. The second-order valence-corrected chi connectivity index (χ2v) is 20.4. The Morgan fingerprint density at radius 2 is 1.11 bits per heavy atom. The molecule has 0 saturated heterocycles. The zero-order valence-corrected chi connectivity index (χ0v) is 40.3. The smallest absolute Gasteiger partial charge is 0.0464 e. The molecular weight excluding hydrogens is 843 g/mol. The molecule has 70 heavy (non-hydrogen) atoms. The molecule has 1 nitrogen and oxygen atoms in total. The molecule has 14 rings (SSSR count). The van der Waals surface area contributed by atoms with Crippen molar-refractivity contribution in [2.75, 3.05) is 4.90 Å². The lowest BCUT2D eigenvalue weighted by Gasteiger charge is -2.52. The molecule has 8 aromatic carbocycles. The van der Waals surface area contributed by atoms with Crippen LogP contribution in [0, 0.1) is 11.8 Å². The van der Waals surface area contributed by atoms with E-state index in [0.29, 0.717) is 29.6 Å². The molecule has 0 fully saturated rings. The molecule has 0 spiro atoms. The molecule has 3 unspecified atom stereocenters. The van der Waals surface area contributed by atoms with Crippen LogP contribution in [0.4, 0.5) is 11.4 Å². The highest BCUT2D eigenvalue weighted by molar-refractivity contribution is 5.88. The van der Waals surface area contributed by atoms with Gasteiger partial charge >= 0.3 is 0 Å². The summed E-state index contributed by atoms with van der Waals surface area (Å²) in [5.41, 5.74) is 24.5. The highest BCUT2D eigenvalue weighted by Crippen LogP contribution is 2.62. The Morgan fingerprint density at radius 1 is 0.500 bits per heavy atom. The maximum absolute atomic E-state index is 2.61. The molecular formula is C69H59N. The molecule has 2 bridgehead atoms. The first-order valence-electron chi connectivity index (χ1n) is 26.0. The van der Waals surface area contributed by atoms with E-state index in [2.05, 4.69) is 249 Å². The summed E-state index contributed by atoms with van der Waals surface area (Å²) in [6, 6.07) is 71.3. The minimum Gasteiger partial charge on any atom is -0.311 e. The maximum Gasteiger partial charge on any atom is 0.0464 e. The topological polar surface area (TPSA) is 3.24 Å². The third kappa shape index (κ3) is 6.88. The van der Waals surface area contributed by atoms with Gasteiger partial charge < -0.3 is 4.90 Å². The second kappa shape index (κ2) is 17.5. The van der Waals surface area contributed by atoms with Gasteiger partial charge in [-0.2, -0.15) is 0 Å². The fourth-order valence-electron chi connectivity index (χ4n) is 13.8. The molecule has 340 valence electrons. The fraction of sp³-hybridized carbons (Fsp3) is 0.188. The van der Waals surface area contributed by atoms with Crippen molar-refractivity contribution in [2.45, 2.75) is 69.1 Å². The first kappa shape index (κ1) is 42.6. The van der Waals surface area contributed by atoms with E-state index in [1.807, 2.05) is 0 Å². The number of fused-ring (bicyclic) bond motifs is 3. The Balaban J connectivity index is 0.816. The largest absolute Gasteiger partial charge is 0.311 e. The fourth-order valence-corrected chi connectivity index (χ4v) is 13.8. The predicted octanol–water partition coefficient (Wildman–Crippen LogP) is 18.2. The lowest BCUT2D eigenvalue weighted by Crippen LogP contribution is -2.41. The number of allylic oxidation sites excluding steroid dienone is 5. The Kier molecular flexibility index (Phi) is 10.6. The van der Waals surface area contributed by atoms with Crippen LogP contribution in [0.15, 0.2) is 224 Å². The molecule has 0 N–H and O–H groups in total. The second-order valence-electron chi connectivity index (χ2n) is 20.4. The molecule has 6 aliphatic carbocycles. The third-order valence-electron chi connectivity index (χ3n) is 17.1. The molecule has 0 aromatic heterocycles. The van der Waals surface area contributed by atoms with Crippen LogP contribution in [0.5, 0.6) is 0 Å². The summed E-state index contributed by atoms with van der Waals surface area (Å²) < 4.78 is 0. The van der Waals surface area contributed by atoms with Crippen LogP contribution in [-0.2, 0) is 5.41 Å². The van der Waals surface area contributed by atoms with E-state index in [-0.39, 0.29) is 5.41 Å². The number of anilines is 2. The van der Waals surface area contributed by atoms with Crippen molar-refractivity contribution in [3.05, 3.63) is 274 Å². The van der Waals surface area contributed by atoms with Crippen LogP contribution < -0.4 is 4.90 Å². The molecule has 8 aromatic rings. The van der Waals surface area contributed by atoms with Gasteiger partial charge in [0.1, 0.15) is 0 Å². The zero-order chi connectivity index (χ0) is 46.8. The molecule has 3 atom stereocenters. The normalized spacial score (nSPS) is 20.8. The van der Waals surface area contributed by atoms with E-state index in [1.165, 1.54) is 78.3 Å². The third-order valence-corrected chi connectivity index (χ3v) is 17.1.